The summed E-state index contributed by atoms with van der Waals surface area (Å²) in [4.78, 5) is 12.0. The fourth-order valence-electron chi connectivity index (χ4n) is 2.08. The third kappa shape index (κ3) is 4.48. The fourth-order valence-corrected chi connectivity index (χ4v) is 5.02. The highest BCUT2D eigenvalue weighted by atomic mass is 32.9. The van der Waals surface area contributed by atoms with Crippen molar-refractivity contribution in [2.75, 3.05) is 7.11 Å². The van der Waals surface area contributed by atoms with Gasteiger partial charge in [0, 0.05) is 12.8 Å². The molecule has 110 valence electrons. The first-order valence-electron chi connectivity index (χ1n) is 6.49. The van der Waals surface area contributed by atoms with E-state index in [1.165, 1.54) is 7.11 Å². The van der Waals surface area contributed by atoms with Gasteiger partial charge in [-0.15, -0.1) is 0 Å². The molecule has 0 radical (unpaired) electrons. The van der Waals surface area contributed by atoms with Gasteiger partial charge in [-0.1, -0.05) is 6.92 Å². The first kappa shape index (κ1) is 17.0. The molecule has 0 bridgehead atoms. The molecule has 19 heavy (non-hydrogen) atoms. The first-order chi connectivity index (χ1) is 8.96. The van der Waals surface area contributed by atoms with Gasteiger partial charge in [0.25, 0.3) is 0 Å². The Morgan fingerprint density at radius 3 is 2.42 bits per heavy atom. The number of hydrogen-bond acceptors (Lipinski definition) is 5. The van der Waals surface area contributed by atoms with Gasteiger partial charge in [0.15, 0.2) is 12.2 Å². The molecule has 1 saturated carbocycles. The van der Waals surface area contributed by atoms with Crippen molar-refractivity contribution in [2.45, 2.75) is 63.3 Å². The molecule has 0 heterocycles. The first-order valence-corrected chi connectivity index (χ1v) is 10.2. The summed E-state index contributed by atoms with van der Waals surface area (Å²) in [5.74, 6) is -0.303. The Hall–Kier alpha value is -0.0300. The zero-order valence-electron chi connectivity index (χ0n) is 11.6. The maximum atomic E-state index is 12.0. The molecular formula is C12H21O4PS2. The SMILES string of the molecule is CCC(C)(OC)C(=O)OC1CCC(P(=O)=S=S)CC1. The molecule has 1 fully saturated rings. The molecule has 0 aliphatic heterocycles. The van der Waals surface area contributed by atoms with Gasteiger partial charge in [0.05, 0.1) is 0 Å². The lowest BCUT2D eigenvalue weighted by molar-refractivity contribution is -0.174. The van der Waals surface area contributed by atoms with E-state index in [9.17, 15) is 9.36 Å². The number of esters is 1. The van der Waals surface area contributed by atoms with Crippen LogP contribution in [0.25, 0.3) is 0 Å². The second kappa shape index (κ2) is 7.67. The minimum absolute atomic E-state index is 0.0803. The van der Waals surface area contributed by atoms with Crippen LogP contribution in [0.5, 0.6) is 0 Å². The smallest absolute Gasteiger partial charge is 0.338 e. The molecule has 7 heteroatoms. The van der Waals surface area contributed by atoms with Crippen LogP contribution in [0.3, 0.4) is 0 Å². The van der Waals surface area contributed by atoms with Crippen molar-refractivity contribution in [1.29, 1.82) is 0 Å². The van der Waals surface area contributed by atoms with Crippen LogP contribution in [0.15, 0.2) is 0 Å². The summed E-state index contributed by atoms with van der Waals surface area (Å²) in [6.07, 6.45) is 3.65. The number of ether oxygens (including phenoxy) is 2. The number of rotatable bonds is 5. The molecule has 1 rings (SSSR count). The number of carbonyl (C=O) groups is 1. The lowest BCUT2D eigenvalue weighted by atomic mass is 9.96. The summed E-state index contributed by atoms with van der Waals surface area (Å²) in [5.41, 5.74) is -0.689. The fraction of sp³-hybridized carbons (Fsp3) is 0.917. The van der Waals surface area contributed by atoms with Crippen molar-refractivity contribution < 1.29 is 18.8 Å². The van der Waals surface area contributed by atoms with E-state index < -0.39 is 12.2 Å². The molecule has 0 aromatic heterocycles. The van der Waals surface area contributed by atoms with E-state index in [-0.39, 0.29) is 17.7 Å². The average Bonchev–Trinajstić information content (AvgIpc) is 2.46. The largest absolute Gasteiger partial charge is 0.460 e. The lowest BCUT2D eigenvalue weighted by Crippen LogP contribution is -2.41. The second-order valence-electron chi connectivity index (χ2n) is 4.98. The zero-order valence-corrected chi connectivity index (χ0v) is 14.1. The number of methoxy groups -OCH3 is 1. The van der Waals surface area contributed by atoms with Gasteiger partial charge < -0.3 is 9.47 Å². The van der Waals surface area contributed by atoms with Crippen molar-refractivity contribution in [3.8, 4) is 0 Å². The Morgan fingerprint density at radius 1 is 1.42 bits per heavy atom. The maximum absolute atomic E-state index is 12.0. The molecule has 0 N–H and O–H groups in total. The molecule has 0 aromatic rings. The van der Waals surface area contributed by atoms with Crippen LogP contribution in [0.2, 0.25) is 0 Å². The molecular weight excluding hydrogens is 303 g/mol. The van der Waals surface area contributed by atoms with Crippen LogP contribution in [0.1, 0.15) is 46.0 Å². The molecule has 0 amide bonds. The summed E-state index contributed by atoms with van der Waals surface area (Å²) in [5, 5.41) is 0. The monoisotopic (exact) mass is 324 g/mol. The quantitative estimate of drug-likeness (QED) is 0.575. The summed E-state index contributed by atoms with van der Waals surface area (Å²) >= 11 is 4.77. The van der Waals surface area contributed by atoms with Crippen molar-refractivity contribution in [3.05, 3.63) is 0 Å². The van der Waals surface area contributed by atoms with E-state index in [4.69, 9.17) is 20.7 Å². The van der Waals surface area contributed by atoms with E-state index in [0.717, 1.165) is 35.2 Å². The Labute approximate surface area is 122 Å². The summed E-state index contributed by atoms with van der Waals surface area (Å²) in [6.45, 7) is 2.29. The third-order valence-corrected chi connectivity index (χ3v) is 7.76. The molecule has 1 aliphatic carbocycles. The predicted molar refractivity (Wildman–Crippen MR) is 80.2 cm³/mol. The van der Waals surface area contributed by atoms with Gasteiger partial charge >= 0.3 is 5.97 Å². The predicted octanol–water partition coefficient (Wildman–Crippen LogP) is 2.94. The topological polar surface area (TPSA) is 52.6 Å². The Bertz CT molecular complexity index is 415. The number of carbonyl (C=O) groups excluding carboxylic acids is 1. The second-order valence-corrected chi connectivity index (χ2v) is 9.30. The van der Waals surface area contributed by atoms with Crippen LogP contribution >= 0.6 is 6.58 Å². The highest BCUT2D eigenvalue weighted by molar-refractivity contribution is 8.32. The molecule has 0 saturated heterocycles. The standard InChI is InChI=1S/C12H21O4PS2/c1-4-12(2,15-3)11(13)16-9-5-7-10(8-6-9)17(14)19-18/h9-10H,4-8H2,1-3H3. The van der Waals surface area contributed by atoms with Gasteiger partial charge in [-0.3, -0.25) is 4.57 Å². The van der Waals surface area contributed by atoms with Crippen LogP contribution in [-0.4, -0.2) is 30.4 Å². The van der Waals surface area contributed by atoms with E-state index in [2.05, 4.69) is 0 Å². The Kier molecular flexibility index (Phi) is 6.87. The van der Waals surface area contributed by atoms with Crippen LogP contribution in [-0.2, 0) is 39.5 Å². The molecule has 1 aliphatic rings. The minimum atomic E-state index is -1.35. The lowest BCUT2D eigenvalue weighted by Gasteiger charge is -2.30. The summed E-state index contributed by atoms with van der Waals surface area (Å²) < 4.78 is 22.4. The van der Waals surface area contributed by atoms with Gasteiger partial charge in [-0.25, -0.2) is 4.79 Å². The molecule has 2 unspecified atom stereocenters. The van der Waals surface area contributed by atoms with Crippen molar-refractivity contribution in [2.24, 2.45) is 0 Å². The summed E-state index contributed by atoms with van der Waals surface area (Å²) in [6, 6.07) is 0. The van der Waals surface area contributed by atoms with Crippen molar-refractivity contribution in [1.82, 2.24) is 0 Å². The highest BCUT2D eigenvalue weighted by Crippen LogP contribution is 2.33. The zero-order chi connectivity index (χ0) is 14.5. The summed E-state index contributed by atoms with van der Waals surface area (Å²) in [7, 11) is 2.54. The average molecular weight is 324 g/mol. The molecule has 2 atom stereocenters. The maximum Gasteiger partial charge on any atom is 0.338 e. The van der Waals surface area contributed by atoms with Crippen LogP contribution in [0, 0.1) is 0 Å². The van der Waals surface area contributed by atoms with Crippen molar-refractivity contribution >= 4 is 33.2 Å². The van der Waals surface area contributed by atoms with Crippen LogP contribution in [0.4, 0.5) is 0 Å². The minimum Gasteiger partial charge on any atom is -0.460 e. The Morgan fingerprint density at radius 2 is 2.00 bits per heavy atom. The third-order valence-electron chi connectivity index (χ3n) is 3.85. The van der Waals surface area contributed by atoms with E-state index in [1.807, 2.05) is 6.92 Å². The van der Waals surface area contributed by atoms with Gasteiger partial charge in [0.1, 0.15) is 6.10 Å². The van der Waals surface area contributed by atoms with E-state index in [0.29, 0.717) is 6.42 Å². The van der Waals surface area contributed by atoms with E-state index >= 15 is 0 Å². The molecule has 0 spiro atoms. The number of hydrogen-bond donors (Lipinski definition) is 0. The Balaban J connectivity index is 2.52. The van der Waals surface area contributed by atoms with Gasteiger partial charge in [-0.2, -0.15) is 0 Å². The van der Waals surface area contributed by atoms with Gasteiger partial charge in [0.2, 0.25) is 0 Å². The van der Waals surface area contributed by atoms with Crippen molar-refractivity contribution in [3.63, 3.8) is 0 Å². The van der Waals surface area contributed by atoms with E-state index in [1.54, 1.807) is 6.92 Å². The van der Waals surface area contributed by atoms with Gasteiger partial charge in [-0.05, 0) is 59.7 Å². The highest BCUT2D eigenvalue weighted by Gasteiger charge is 2.35. The van der Waals surface area contributed by atoms with Crippen LogP contribution < -0.4 is 0 Å². The molecule has 4 nitrogen and oxygen atoms in total. The normalized spacial score (nSPS) is 27.2. The molecule has 0 aromatic carbocycles.